The van der Waals surface area contributed by atoms with E-state index in [1.54, 1.807) is 0 Å². The SMILES string of the molecule is Cc1cc(C(N)=S)nc(NC(C2CC2)C2CC2)n1. The molecule has 4 nitrogen and oxygen atoms in total. The standard InChI is InChI=1S/C13H18N4S/c1-7-6-10(12(14)18)16-13(15-7)17-11(8-2-3-8)9-4-5-9/h6,8-9,11H,2-5H2,1H3,(H2,14,18)(H,15,16,17). The Morgan fingerprint density at radius 2 is 1.94 bits per heavy atom. The molecule has 2 saturated carbocycles. The average Bonchev–Trinajstić information content (AvgIpc) is 3.16. The summed E-state index contributed by atoms with van der Waals surface area (Å²) in [5.41, 5.74) is 7.20. The number of nitrogens with two attached hydrogens (primary N) is 1. The molecule has 0 amide bonds. The van der Waals surface area contributed by atoms with Crippen LogP contribution in [0.5, 0.6) is 0 Å². The zero-order valence-corrected chi connectivity index (χ0v) is 11.3. The summed E-state index contributed by atoms with van der Waals surface area (Å²) in [6.45, 7) is 1.94. The molecule has 0 unspecified atom stereocenters. The van der Waals surface area contributed by atoms with Gasteiger partial charge in [-0.15, -0.1) is 0 Å². The van der Waals surface area contributed by atoms with Crippen LogP contribution < -0.4 is 11.1 Å². The van der Waals surface area contributed by atoms with Crippen molar-refractivity contribution in [2.75, 3.05) is 5.32 Å². The van der Waals surface area contributed by atoms with E-state index in [0.29, 0.717) is 22.7 Å². The van der Waals surface area contributed by atoms with Crippen molar-refractivity contribution in [3.63, 3.8) is 0 Å². The van der Waals surface area contributed by atoms with Crippen molar-refractivity contribution in [1.82, 2.24) is 9.97 Å². The third-order valence-corrected chi connectivity index (χ3v) is 3.87. The minimum absolute atomic E-state index is 0.331. The highest BCUT2D eigenvalue weighted by Crippen LogP contribution is 2.45. The lowest BCUT2D eigenvalue weighted by atomic mass is 10.1. The molecule has 0 saturated heterocycles. The maximum absolute atomic E-state index is 5.64. The highest BCUT2D eigenvalue weighted by molar-refractivity contribution is 7.80. The molecule has 2 aliphatic carbocycles. The molecule has 5 heteroatoms. The summed E-state index contributed by atoms with van der Waals surface area (Å²) in [7, 11) is 0. The molecule has 0 atom stereocenters. The first-order valence-corrected chi connectivity index (χ1v) is 6.96. The number of hydrogen-bond donors (Lipinski definition) is 2. The molecule has 1 heterocycles. The van der Waals surface area contributed by atoms with Gasteiger partial charge in [0.15, 0.2) is 0 Å². The monoisotopic (exact) mass is 262 g/mol. The van der Waals surface area contributed by atoms with Crippen molar-refractivity contribution in [2.24, 2.45) is 17.6 Å². The van der Waals surface area contributed by atoms with Crippen LogP contribution in [0.1, 0.15) is 37.1 Å². The predicted octanol–water partition coefficient (Wildman–Crippen LogP) is 2.02. The summed E-state index contributed by atoms with van der Waals surface area (Å²) in [6.07, 6.45) is 5.34. The van der Waals surface area contributed by atoms with Crippen LogP contribution in [0, 0.1) is 18.8 Å². The second-order valence-electron chi connectivity index (χ2n) is 5.43. The van der Waals surface area contributed by atoms with Gasteiger partial charge in [-0.05, 0) is 50.5 Å². The van der Waals surface area contributed by atoms with Gasteiger partial charge in [-0.3, -0.25) is 0 Å². The third-order valence-electron chi connectivity index (χ3n) is 3.66. The van der Waals surface area contributed by atoms with Crippen molar-refractivity contribution >= 4 is 23.2 Å². The Balaban J connectivity index is 1.80. The Hall–Kier alpha value is -1.23. The van der Waals surface area contributed by atoms with Crippen molar-refractivity contribution < 1.29 is 0 Å². The summed E-state index contributed by atoms with van der Waals surface area (Å²) >= 11 is 4.98. The fraction of sp³-hybridized carbons (Fsp3) is 0.615. The van der Waals surface area contributed by atoms with Crippen LogP contribution in [0.15, 0.2) is 6.07 Å². The van der Waals surface area contributed by atoms with Gasteiger partial charge in [0.1, 0.15) is 10.7 Å². The first-order valence-electron chi connectivity index (χ1n) is 6.55. The Bertz CT molecular complexity index is 468. The summed E-state index contributed by atoms with van der Waals surface area (Å²) in [6, 6.07) is 2.38. The lowest BCUT2D eigenvalue weighted by molar-refractivity contribution is 0.563. The Morgan fingerprint density at radius 1 is 1.33 bits per heavy atom. The maximum Gasteiger partial charge on any atom is 0.223 e. The minimum atomic E-state index is 0.331. The molecule has 1 aromatic rings. The molecular formula is C13H18N4S. The van der Waals surface area contributed by atoms with Gasteiger partial charge in [-0.25, -0.2) is 9.97 Å². The van der Waals surface area contributed by atoms with E-state index in [9.17, 15) is 0 Å². The Kier molecular flexibility index (Phi) is 2.93. The molecule has 3 N–H and O–H groups in total. The molecule has 1 aromatic heterocycles. The first kappa shape index (κ1) is 11.8. The van der Waals surface area contributed by atoms with Gasteiger partial charge >= 0.3 is 0 Å². The van der Waals surface area contributed by atoms with Crippen LogP contribution in [-0.2, 0) is 0 Å². The van der Waals surface area contributed by atoms with E-state index in [1.165, 1.54) is 25.7 Å². The number of thiocarbonyl (C=S) groups is 1. The summed E-state index contributed by atoms with van der Waals surface area (Å²) in [5, 5.41) is 3.50. The van der Waals surface area contributed by atoms with Crippen molar-refractivity contribution in [2.45, 2.75) is 38.6 Å². The first-order chi connectivity index (χ1) is 8.63. The maximum atomic E-state index is 5.64. The molecule has 0 bridgehead atoms. The van der Waals surface area contributed by atoms with Crippen LogP contribution in [0.3, 0.4) is 0 Å². The normalized spacial score (nSPS) is 19.0. The van der Waals surface area contributed by atoms with Crippen molar-refractivity contribution in [3.05, 3.63) is 17.5 Å². The second kappa shape index (κ2) is 4.46. The van der Waals surface area contributed by atoms with E-state index in [2.05, 4.69) is 15.3 Å². The molecule has 0 radical (unpaired) electrons. The zero-order chi connectivity index (χ0) is 12.7. The number of anilines is 1. The quantitative estimate of drug-likeness (QED) is 0.795. The summed E-state index contributed by atoms with van der Waals surface area (Å²) in [5.74, 6) is 2.31. The molecule has 3 rings (SSSR count). The number of rotatable bonds is 5. The van der Waals surface area contributed by atoms with Gasteiger partial charge in [-0.2, -0.15) is 0 Å². The van der Waals surface area contributed by atoms with Gasteiger partial charge in [0.25, 0.3) is 0 Å². The van der Waals surface area contributed by atoms with Crippen LogP contribution in [0.4, 0.5) is 5.95 Å². The van der Waals surface area contributed by atoms with Crippen LogP contribution in [0.2, 0.25) is 0 Å². The van der Waals surface area contributed by atoms with Crippen LogP contribution in [-0.4, -0.2) is 21.0 Å². The number of aromatic nitrogens is 2. The van der Waals surface area contributed by atoms with E-state index in [0.717, 1.165) is 17.5 Å². The minimum Gasteiger partial charge on any atom is -0.388 e. The number of nitrogens with zero attached hydrogens (tertiary/aromatic N) is 2. The van der Waals surface area contributed by atoms with Gasteiger partial charge in [0.05, 0.1) is 0 Å². The lowest BCUT2D eigenvalue weighted by Crippen LogP contribution is -2.26. The number of aryl methyl sites for hydroxylation is 1. The number of nitrogens with one attached hydrogen (secondary N) is 1. The summed E-state index contributed by atoms with van der Waals surface area (Å²) < 4.78 is 0. The molecule has 2 fully saturated rings. The molecule has 2 aliphatic rings. The van der Waals surface area contributed by atoms with E-state index < -0.39 is 0 Å². The van der Waals surface area contributed by atoms with Gasteiger partial charge < -0.3 is 11.1 Å². The zero-order valence-electron chi connectivity index (χ0n) is 10.5. The highest BCUT2D eigenvalue weighted by Gasteiger charge is 2.41. The van der Waals surface area contributed by atoms with Crippen LogP contribution in [0.25, 0.3) is 0 Å². The molecule has 18 heavy (non-hydrogen) atoms. The topological polar surface area (TPSA) is 63.8 Å². The Labute approximate surface area is 112 Å². The molecular weight excluding hydrogens is 244 g/mol. The van der Waals surface area contributed by atoms with Crippen LogP contribution >= 0.6 is 12.2 Å². The van der Waals surface area contributed by atoms with E-state index >= 15 is 0 Å². The molecule has 96 valence electrons. The largest absolute Gasteiger partial charge is 0.388 e. The molecule has 0 aromatic carbocycles. The van der Waals surface area contributed by atoms with E-state index in [4.69, 9.17) is 18.0 Å². The van der Waals surface area contributed by atoms with E-state index in [-0.39, 0.29) is 0 Å². The average molecular weight is 262 g/mol. The highest BCUT2D eigenvalue weighted by atomic mass is 32.1. The summed E-state index contributed by atoms with van der Waals surface area (Å²) in [4.78, 5) is 9.18. The third kappa shape index (κ3) is 2.61. The lowest BCUT2D eigenvalue weighted by Gasteiger charge is -2.18. The Morgan fingerprint density at radius 3 is 2.44 bits per heavy atom. The predicted molar refractivity (Wildman–Crippen MR) is 75.5 cm³/mol. The molecule has 0 aliphatic heterocycles. The van der Waals surface area contributed by atoms with Gasteiger partial charge in [0.2, 0.25) is 5.95 Å². The fourth-order valence-corrected chi connectivity index (χ4v) is 2.54. The van der Waals surface area contributed by atoms with Gasteiger partial charge in [-0.1, -0.05) is 12.2 Å². The molecule has 0 spiro atoms. The van der Waals surface area contributed by atoms with Crippen molar-refractivity contribution in [1.29, 1.82) is 0 Å². The smallest absolute Gasteiger partial charge is 0.223 e. The second-order valence-corrected chi connectivity index (χ2v) is 5.87. The van der Waals surface area contributed by atoms with E-state index in [1.807, 2.05) is 13.0 Å². The van der Waals surface area contributed by atoms with Gasteiger partial charge in [0, 0.05) is 11.7 Å². The fourth-order valence-electron chi connectivity index (χ4n) is 2.44. The van der Waals surface area contributed by atoms with Crippen molar-refractivity contribution in [3.8, 4) is 0 Å². The number of hydrogen-bond acceptors (Lipinski definition) is 4.